The third kappa shape index (κ3) is 6.94. The highest BCUT2D eigenvalue weighted by Gasteiger charge is 2.33. The number of thiazole rings is 1. The molecule has 228 valence electrons. The van der Waals surface area contributed by atoms with Crippen LogP contribution in [-0.2, 0) is 16.1 Å². The van der Waals surface area contributed by atoms with Gasteiger partial charge in [-0.05, 0) is 115 Å². The molecule has 5 rings (SSSR count). The van der Waals surface area contributed by atoms with Gasteiger partial charge in [-0.25, -0.2) is 14.2 Å². The van der Waals surface area contributed by atoms with E-state index in [0.717, 1.165) is 12.7 Å². The van der Waals surface area contributed by atoms with Gasteiger partial charge < -0.3 is 14.2 Å². The molecule has 1 aromatic heterocycles. The van der Waals surface area contributed by atoms with Crippen molar-refractivity contribution in [3.63, 3.8) is 0 Å². The van der Waals surface area contributed by atoms with E-state index in [0.29, 0.717) is 43.2 Å². The molecule has 0 bridgehead atoms. The summed E-state index contributed by atoms with van der Waals surface area (Å²) in [6.07, 6.45) is 1.77. The molecule has 2 heterocycles. The molecule has 0 N–H and O–H groups in total. The molecule has 0 aliphatic carbocycles. The molecule has 0 spiro atoms. The van der Waals surface area contributed by atoms with Gasteiger partial charge in [0.15, 0.2) is 4.80 Å². The third-order valence-electron chi connectivity index (χ3n) is 6.74. The number of fused-ring (bicyclic) bond motifs is 1. The van der Waals surface area contributed by atoms with E-state index in [-0.39, 0.29) is 30.7 Å². The van der Waals surface area contributed by atoms with Crippen molar-refractivity contribution in [2.24, 2.45) is 4.99 Å². The quantitative estimate of drug-likeness (QED) is 0.142. The summed E-state index contributed by atoms with van der Waals surface area (Å²) >= 11 is 5.63. The van der Waals surface area contributed by atoms with Gasteiger partial charge in [0.1, 0.15) is 23.9 Å². The maximum absolute atomic E-state index is 14.3. The predicted molar refractivity (Wildman–Crippen MR) is 185 cm³/mol. The van der Waals surface area contributed by atoms with Gasteiger partial charge in [0.25, 0.3) is 5.56 Å². The second-order valence-corrected chi connectivity index (χ2v) is 13.6. The first kappa shape index (κ1) is 32.4. The van der Waals surface area contributed by atoms with Crippen molar-refractivity contribution in [3.8, 4) is 11.5 Å². The Labute approximate surface area is 285 Å². The van der Waals surface area contributed by atoms with Gasteiger partial charge in [0.05, 0.1) is 38.1 Å². The van der Waals surface area contributed by atoms with Gasteiger partial charge in [-0.15, -0.1) is 0 Å². The minimum absolute atomic E-state index is 0.000417. The Bertz CT molecular complexity index is 1930. The number of nitrogens with zero attached hydrogens (tertiary/aromatic N) is 2. The lowest BCUT2D eigenvalue weighted by molar-refractivity contribution is -0.139. The summed E-state index contributed by atoms with van der Waals surface area (Å²) in [7, 11) is 0. The number of ether oxygens (including phenoxy) is 3. The average Bonchev–Trinajstić information content (AvgIpc) is 3.26. The van der Waals surface area contributed by atoms with E-state index in [2.05, 4.69) is 50.2 Å². The highest BCUT2D eigenvalue weighted by atomic mass is 127. The Balaban J connectivity index is 1.63. The van der Waals surface area contributed by atoms with Crippen molar-refractivity contribution in [1.29, 1.82) is 0 Å². The maximum atomic E-state index is 14.3. The number of hydrogen-bond acceptors (Lipinski definition) is 7. The topological polar surface area (TPSA) is 79.1 Å². The van der Waals surface area contributed by atoms with E-state index >= 15 is 0 Å². The van der Waals surface area contributed by atoms with E-state index in [1.165, 1.54) is 17.4 Å². The SMILES string of the molecule is CCOC(=O)C1=C(C)N=c2s/c(=C\c3cc(I)cc(I)c3OCc3ccccc3F)c(=O)n2[C@@H]1c1ccc(OC(C)C)cc1. The van der Waals surface area contributed by atoms with E-state index < -0.39 is 12.0 Å². The molecule has 0 saturated carbocycles. The van der Waals surface area contributed by atoms with Crippen LogP contribution in [0.15, 0.2) is 81.7 Å². The molecule has 7 nitrogen and oxygen atoms in total. The fourth-order valence-corrected chi connectivity index (χ4v) is 7.94. The van der Waals surface area contributed by atoms with Crippen LogP contribution in [0.5, 0.6) is 11.5 Å². The number of esters is 1. The summed E-state index contributed by atoms with van der Waals surface area (Å²) < 4.78 is 35.4. The highest BCUT2D eigenvalue weighted by molar-refractivity contribution is 14.1. The van der Waals surface area contributed by atoms with Crippen LogP contribution in [0.2, 0.25) is 0 Å². The van der Waals surface area contributed by atoms with E-state index in [4.69, 9.17) is 14.2 Å². The summed E-state index contributed by atoms with van der Waals surface area (Å²) in [4.78, 5) is 32.5. The molecular formula is C33H29FI2N2O5S. The van der Waals surface area contributed by atoms with E-state index in [1.54, 1.807) is 42.7 Å². The predicted octanol–water partition coefficient (Wildman–Crippen LogP) is 6.51. The smallest absolute Gasteiger partial charge is 0.338 e. The van der Waals surface area contributed by atoms with Crippen LogP contribution in [0.4, 0.5) is 4.39 Å². The monoisotopic (exact) mass is 838 g/mol. The lowest BCUT2D eigenvalue weighted by Gasteiger charge is -2.25. The molecule has 0 amide bonds. The molecule has 0 radical (unpaired) electrons. The third-order valence-corrected chi connectivity index (χ3v) is 9.15. The molecule has 1 aliphatic heterocycles. The zero-order chi connectivity index (χ0) is 31.5. The first-order valence-corrected chi connectivity index (χ1v) is 16.9. The minimum Gasteiger partial charge on any atom is -0.491 e. The summed E-state index contributed by atoms with van der Waals surface area (Å²) in [5.41, 5.74) is 2.32. The lowest BCUT2D eigenvalue weighted by Crippen LogP contribution is -2.39. The number of carbonyl (C=O) groups is 1. The van der Waals surface area contributed by atoms with Crippen LogP contribution >= 0.6 is 56.5 Å². The number of allylic oxidation sites excluding steroid dienone is 1. The van der Waals surface area contributed by atoms with Crippen molar-refractivity contribution in [3.05, 3.63) is 121 Å². The Morgan fingerprint density at radius 1 is 1.14 bits per heavy atom. The summed E-state index contributed by atoms with van der Waals surface area (Å²) in [5.74, 6) is 0.359. The summed E-state index contributed by atoms with van der Waals surface area (Å²) in [5, 5.41) is 0. The van der Waals surface area contributed by atoms with E-state index in [9.17, 15) is 14.0 Å². The Morgan fingerprint density at radius 3 is 2.55 bits per heavy atom. The van der Waals surface area contributed by atoms with Crippen molar-refractivity contribution in [2.45, 2.75) is 46.4 Å². The number of aromatic nitrogens is 1. The number of rotatable bonds is 9. The molecule has 11 heteroatoms. The first-order valence-electron chi connectivity index (χ1n) is 13.9. The van der Waals surface area contributed by atoms with Crippen molar-refractivity contribution in [2.75, 3.05) is 6.61 Å². The second kappa shape index (κ2) is 13.9. The standard InChI is InChI=1S/C33H29FI2N2O5S/c1-5-41-32(40)28-19(4)37-33-38(29(28)20-10-12-24(13-11-20)43-18(2)3)31(39)27(44-33)15-22-14-23(35)16-26(36)30(22)42-17-21-8-6-7-9-25(21)34/h6-16,18,29H,5,17H2,1-4H3/b27-15-/t29-/m1/s1. The van der Waals surface area contributed by atoms with Crippen LogP contribution in [0.1, 0.15) is 50.4 Å². The molecule has 0 unspecified atom stereocenters. The second-order valence-electron chi connectivity index (χ2n) is 10.2. The van der Waals surface area contributed by atoms with Gasteiger partial charge >= 0.3 is 5.97 Å². The molecule has 3 aromatic carbocycles. The Morgan fingerprint density at radius 2 is 1.86 bits per heavy atom. The minimum atomic E-state index is -0.742. The van der Waals surface area contributed by atoms with Crippen LogP contribution in [0.3, 0.4) is 0 Å². The number of hydrogen-bond donors (Lipinski definition) is 0. The molecule has 1 atom stereocenters. The number of halogens is 3. The highest BCUT2D eigenvalue weighted by Crippen LogP contribution is 2.33. The van der Waals surface area contributed by atoms with E-state index in [1.807, 2.05) is 50.2 Å². The number of benzene rings is 3. The molecule has 4 aromatic rings. The molecule has 1 aliphatic rings. The maximum Gasteiger partial charge on any atom is 0.338 e. The summed E-state index contributed by atoms with van der Waals surface area (Å²) in [6.45, 7) is 7.61. The zero-order valence-electron chi connectivity index (χ0n) is 24.4. The van der Waals surface area contributed by atoms with Gasteiger partial charge in [-0.1, -0.05) is 41.7 Å². The molecule has 44 heavy (non-hydrogen) atoms. The zero-order valence-corrected chi connectivity index (χ0v) is 29.5. The molecule has 0 saturated heterocycles. The van der Waals surface area contributed by atoms with Crippen LogP contribution in [-0.4, -0.2) is 23.2 Å². The van der Waals surface area contributed by atoms with Crippen molar-refractivity contribution < 1.29 is 23.4 Å². The van der Waals surface area contributed by atoms with Crippen LogP contribution in [0.25, 0.3) is 6.08 Å². The van der Waals surface area contributed by atoms with Gasteiger partial charge in [-0.3, -0.25) is 9.36 Å². The fourth-order valence-electron chi connectivity index (χ4n) is 4.85. The summed E-state index contributed by atoms with van der Waals surface area (Å²) in [6, 6.07) is 17.0. The van der Waals surface area contributed by atoms with Gasteiger partial charge in [0, 0.05) is 14.7 Å². The Kier molecular flexibility index (Phi) is 10.3. The lowest BCUT2D eigenvalue weighted by atomic mass is 9.96. The van der Waals surface area contributed by atoms with Crippen LogP contribution < -0.4 is 24.4 Å². The van der Waals surface area contributed by atoms with Crippen molar-refractivity contribution >= 4 is 68.6 Å². The largest absolute Gasteiger partial charge is 0.491 e. The fraction of sp³-hybridized carbons (Fsp3) is 0.242. The molecular weight excluding hydrogens is 809 g/mol. The number of carbonyl (C=O) groups excluding carboxylic acids is 1. The average molecular weight is 838 g/mol. The normalized spacial score (nSPS) is 14.8. The van der Waals surface area contributed by atoms with Gasteiger partial charge in [-0.2, -0.15) is 0 Å². The van der Waals surface area contributed by atoms with Crippen LogP contribution in [0, 0.1) is 13.0 Å². The Hall–Kier alpha value is -3.04. The molecule has 0 fully saturated rings. The van der Waals surface area contributed by atoms with Crippen molar-refractivity contribution in [1.82, 2.24) is 4.57 Å². The first-order chi connectivity index (χ1) is 21.1. The van der Waals surface area contributed by atoms with Gasteiger partial charge in [0.2, 0.25) is 0 Å².